The Morgan fingerprint density at radius 1 is 1.19 bits per heavy atom. The number of anilines is 1. The van der Waals surface area contributed by atoms with Crippen LogP contribution in [0, 0.1) is 11.6 Å². The van der Waals surface area contributed by atoms with Gasteiger partial charge in [0, 0.05) is 24.6 Å². The van der Waals surface area contributed by atoms with Crippen LogP contribution in [0.25, 0.3) is 0 Å². The van der Waals surface area contributed by atoms with E-state index in [0.717, 1.165) is 12.1 Å². The van der Waals surface area contributed by atoms with E-state index < -0.39 is 17.5 Å². The van der Waals surface area contributed by atoms with Crippen LogP contribution >= 0.6 is 0 Å². The molecule has 1 aromatic rings. The summed E-state index contributed by atoms with van der Waals surface area (Å²) >= 11 is 0. The zero-order chi connectivity index (χ0) is 12.1. The maximum atomic E-state index is 12.8. The van der Waals surface area contributed by atoms with E-state index in [0.29, 0.717) is 0 Å². The van der Waals surface area contributed by atoms with Crippen LogP contribution in [0.4, 0.5) is 14.5 Å². The molecular weight excluding hydrogens is 216 g/mol. The zero-order valence-electron chi connectivity index (χ0n) is 8.72. The lowest BCUT2D eigenvalue weighted by Crippen LogP contribution is -2.12. The highest BCUT2D eigenvalue weighted by Crippen LogP contribution is 2.13. The van der Waals surface area contributed by atoms with Gasteiger partial charge in [0.25, 0.3) is 0 Å². The Hall–Kier alpha value is -1.78. The van der Waals surface area contributed by atoms with Crippen molar-refractivity contribution in [3.05, 3.63) is 29.8 Å². The number of ketones is 1. The molecule has 0 spiro atoms. The molecule has 1 amide bonds. The van der Waals surface area contributed by atoms with Crippen LogP contribution in [0.3, 0.4) is 0 Å². The Morgan fingerprint density at radius 3 is 2.44 bits per heavy atom. The van der Waals surface area contributed by atoms with Gasteiger partial charge in [-0.25, -0.2) is 8.78 Å². The standard InChI is InChI=1S/C11H11F2NO2/c1-7(15)2-5-11(16)14-8-3-4-9(12)10(13)6-8/h3-4,6H,2,5H2,1H3,(H,14,16). The highest BCUT2D eigenvalue weighted by Gasteiger charge is 2.06. The summed E-state index contributed by atoms with van der Waals surface area (Å²) in [6.45, 7) is 1.38. The number of amides is 1. The highest BCUT2D eigenvalue weighted by atomic mass is 19.2. The molecule has 0 aliphatic carbocycles. The maximum absolute atomic E-state index is 12.8. The van der Waals surface area contributed by atoms with E-state index in [2.05, 4.69) is 5.32 Å². The molecule has 1 N–H and O–H groups in total. The topological polar surface area (TPSA) is 46.2 Å². The monoisotopic (exact) mass is 227 g/mol. The van der Waals surface area contributed by atoms with Crippen LogP contribution in [0.1, 0.15) is 19.8 Å². The molecule has 0 heterocycles. The number of carbonyl (C=O) groups excluding carboxylic acids is 2. The second-order valence-corrected chi connectivity index (χ2v) is 3.38. The minimum atomic E-state index is -1.02. The summed E-state index contributed by atoms with van der Waals surface area (Å²) in [5.74, 6) is -2.49. The number of nitrogens with one attached hydrogen (secondary N) is 1. The molecule has 0 bridgehead atoms. The molecule has 0 aliphatic heterocycles. The van der Waals surface area contributed by atoms with Gasteiger partial charge in [0.15, 0.2) is 11.6 Å². The normalized spacial score (nSPS) is 9.94. The molecule has 0 saturated carbocycles. The van der Waals surface area contributed by atoms with E-state index in [4.69, 9.17) is 0 Å². The fourth-order valence-corrected chi connectivity index (χ4v) is 1.09. The van der Waals surface area contributed by atoms with E-state index in [1.807, 2.05) is 0 Å². The van der Waals surface area contributed by atoms with Crippen LogP contribution in [0.15, 0.2) is 18.2 Å². The van der Waals surface area contributed by atoms with Crippen molar-refractivity contribution < 1.29 is 18.4 Å². The Morgan fingerprint density at radius 2 is 1.88 bits per heavy atom. The smallest absolute Gasteiger partial charge is 0.224 e. The van der Waals surface area contributed by atoms with Gasteiger partial charge < -0.3 is 10.1 Å². The summed E-state index contributed by atoms with van der Waals surface area (Å²) in [6.07, 6.45) is 0.170. The van der Waals surface area contributed by atoms with E-state index in [-0.39, 0.29) is 24.3 Å². The number of halogens is 2. The predicted molar refractivity (Wildman–Crippen MR) is 54.9 cm³/mol. The molecular formula is C11H11F2NO2. The van der Waals surface area contributed by atoms with Gasteiger partial charge >= 0.3 is 0 Å². The van der Waals surface area contributed by atoms with Crippen LogP contribution in [-0.2, 0) is 9.59 Å². The molecule has 1 rings (SSSR count). The van der Waals surface area contributed by atoms with Gasteiger partial charge in [-0.2, -0.15) is 0 Å². The molecule has 0 unspecified atom stereocenters. The SMILES string of the molecule is CC(=O)CCC(=O)Nc1ccc(F)c(F)c1. The third-order valence-electron chi connectivity index (χ3n) is 1.91. The van der Waals surface area contributed by atoms with Crippen molar-refractivity contribution in [3.8, 4) is 0 Å². The van der Waals surface area contributed by atoms with Gasteiger partial charge in [-0.3, -0.25) is 4.79 Å². The Bertz CT molecular complexity index is 418. The summed E-state index contributed by atoms with van der Waals surface area (Å²) in [6, 6.07) is 3.07. The number of benzene rings is 1. The second-order valence-electron chi connectivity index (χ2n) is 3.38. The largest absolute Gasteiger partial charge is 0.326 e. The van der Waals surface area contributed by atoms with Crippen molar-refractivity contribution in [2.75, 3.05) is 5.32 Å². The van der Waals surface area contributed by atoms with Crippen molar-refractivity contribution in [1.29, 1.82) is 0 Å². The molecule has 3 nitrogen and oxygen atoms in total. The summed E-state index contributed by atoms with van der Waals surface area (Å²) in [7, 11) is 0. The van der Waals surface area contributed by atoms with Crippen molar-refractivity contribution in [3.63, 3.8) is 0 Å². The minimum absolute atomic E-state index is 0.0360. The van der Waals surface area contributed by atoms with Gasteiger partial charge in [-0.15, -0.1) is 0 Å². The lowest BCUT2D eigenvalue weighted by molar-refractivity contribution is -0.121. The molecule has 5 heteroatoms. The number of hydrogen-bond donors (Lipinski definition) is 1. The number of Topliss-reactive ketones (excluding diaryl/α,β-unsaturated/α-hetero) is 1. The number of hydrogen-bond acceptors (Lipinski definition) is 2. The van der Waals surface area contributed by atoms with Crippen LogP contribution in [-0.4, -0.2) is 11.7 Å². The molecule has 0 aromatic heterocycles. The number of rotatable bonds is 4. The van der Waals surface area contributed by atoms with Gasteiger partial charge in [-0.05, 0) is 19.1 Å². The first-order valence-electron chi connectivity index (χ1n) is 4.73. The van der Waals surface area contributed by atoms with Gasteiger partial charge in [0.1, 0.15) is 5.78 Å². The summed E-state index contributed by atoms with van der Waals surface area (Å²) < 4.78 is 25.3. The zero-order valence-corrected chi connectivity index (χ0v) is 8.72. The van der Waals surface area contributed by atoms with E-state index in [1.165, 1.54) is 13.0 Å². The Balaban J connectivity index is 2.56. The van der Waals surface area contributed by atoms with Crippen molar-refractivity contribution >= 4 is 17.4 Å². The summed E-state index contributed by atoms with van der Waals surface area (Å²) in [4.78, 5) is 21.8. The third kappa shape index (κ3) is 3.76. The van der Waals surface area contributed by atoms with E-state index in [1.54, 1.807) is 0 Å². The first-order valence-corrected chi connectivity index (χ1v) is 4.73. The lowest BCUT2D eigenvalue weighted by atomic mass is 10.2. The first kappa shape index (κ1) is 12.3. The molecule has 86 valence electrons. The predicted octanol–water partition coefficient (Wildman–Crippen LogP) is 2.27. The van der Waals surface area contributed by atoms with Gasteiger partial charge in [0.05, 0.1) is 0 Å². The Labute approximate surface area is 91.5 Å². The molecule has 0 aliphatic rings. The fraction of sp³-hybridized carbons (Fsp3) is 0.273. The van der Waals surface area contributed by atoms with Crippen molar-refractivity contribution in [1.82, 2.24) is 0 Å². The maximum Gasteiger partial charge on any atom is 0.224 e. The van der Waals surface area contributed by atoms with E-state index >= 15 is 0 Å². The summed E-state index contributed by atoms with van der Waals surface area (Å²) in [5.41, 5.74) is 0.174. The molecule has 0 radical (unpaired) electrons. The average Bonchev–Trinajstić information content (AvgIpc) is 2.21. The second kappa shape index (κ2) is 5.34. The minimum Gasteiger partial charge on any atom is -0.326 e. The highest BCUT2D eigenvalue weighted by molar-refractivity contribution is 5.93. The molecule has 0 atom stereocenters. The van der Waals surface area contributed by atoms with Gasteiger partial charge in [-0.1, -0.05) is 0 Å². The fourth-order valence-electron chi connectivity index (χ4n) is 1.09. The number of carbonyl (C=O) groups is 2. The lowest BCUT2D eigenvalue weighted by Gasteiger charge is -2.04. The molecule has 1 aromatic carbocycles. The molecule has 16 heavy (non-hydrogen) atoms. The van der Waals surface area contributed by atoms with Crippen LogP contribution in [0.5, 0.6) is 0 Å². The quantitative estimate of drug-likeness (QED) is 0.857. The van der Waals surface area contributed by atoms with Crippen LogP contribution < -0.4 is 5.32 Å². The van der Waals surface area contributed by atoms with Crippen LogP contribution in [0.2, 0.25) is 0 Å². The summed E-state index contributed by atoms with van der Waals surface area (Å²) in [5, 5.41) is 2.37. The first-order chi connectivity index (χ1) is 7.49. The van der Waals surface area contributed by atoms with Crippen molar-refractivity contribution in [2.45, 2.75) is 19.8 Å². The van der Waals surface area contributed by atoms with Gasteiger partial charge in [0.2, 0.25) is 5.91 Å². The Kier molecular flexibility index (Phi) is 4.10. The van der Waals surface area contributed by atoms with E-state index in [9.17, 15) is 18.4 Å². The molecule has 0 saturated heterocycles. The average molecular weight is 227 g/mol. The third-order valence-corrected chi connectivity index (χ3v) is 1.91. The van der Waals surface area contributed by atoms with Crippen molar-refractivity contribution in [2.24, 2.45) is 0 Å². The molecule has 0 fully saturated rings.